The van der Waals surface area contributed by atoms with Gasteiger partial charge in [0.2, 0.25) is 10.0 Å². The third-order valence-corrected chi connectivity index (χ3v) is 7.13. The van der Waals surface area contributed by atoms with Gasteiger partial charge in [0.1, 0.15) is 0 Å². The minimum absolute atomic E-state index is 0.0502. The van der Waals surface area contributed by atoms with Gasteiger partial charge in [-0.25, -0.2) is 8.42 Å². The largest absolute Gasteiger partial charge is 0.243 e. The summed E-state index contributed by atoms with van der Waals surface area (Å²) >= 11 is 3.34. The Labute approximate surface area is 154 Å². The summed E-state index contributed by atoms with van der Waals surface area (Å²) in [7, 11) is -3.60. The second-order valence-electron chi connectivity index (χ2n) is 7.54. The monoisotopic (exact) mass is 412 g/mol. The summed E-state index contributed by atoms with van der Waals surface area (Å²) in [5, 5.41) is 8.96. The van der Waals surface area contributed by atoms with Crippen molar-refractivity contribution in [1.82, 2.24) is 4.31 Å². The van der Waals surface area contributed by atoms with Gasteiger partial charge in [-0.15, -0.1) is 0 Å². The molecule has 0 spiro atoms. The molecule has 0 unspecified atom stereocenters. The highest BCUT2D eigenvalue weighted by molar-refractivity contribution is 9.10. The van der Waals surface area contributed by atoms with E-state index < -0.39 is 10.0 Å². The summed E-state index contributed by atoms with van der Waals surface area (Å²) < 4.78 is 28.7. The number of sulfonamides is 1. The van der Waals surface area contributed by atoms with Crippen LogP contribution in [0.15, 0.2) is 33.6 Å². The summed E-state index contributed by atoms with van der Waals surface area (Å²) in [5.74, 6) is 0.475. The highest BCUT2D eigenvalue weighted by Gasteiger charge is 2.39. The number of benzene rings is 1. The standard InChI is InChI=1S/C18H25BrN2O2S/c1-14-11-16(13-18(2,3)12-14)21(10-4-9-20)24(22,23)17-7-5-15(19)6-8-17/h5-8,14,16H,4,10-13H2,1-3H3/t14-,16-/m1/s1. The van der Waals surface area contributed by atoms with Crippen molar-refractivity contribution in [1.29, 1.82) is 5.26 Å². The van der Waals surface area contributed by atoms with Gasteiger partial charge in [0.05, 0.1) is 11.0 Å². The van der Waals surface area contributed by atoms with Crippen LogP contribution in [0.5, 0.6) is 0 Å². The molecule has 2 atom stereocenters. The third-order valence-electron chi connectivity index (χ3n) is 4.64. The topological polar surface area (TPSA) is 61.2 Å². The molecule has 132 valence electrons. The van der Waals surface area contributed by atoms with Crippen LogP contribution in [0.1, 0.15) is 46.5 Å². The Morgan fingerprint density at radius 1 is 1.29 bits per heavy atom. The zero-order chi connectivity index (χ0) is 18.0. The average molecular weight is 413 g/mol. The SMILES string of the molecule is C[C@@H]1C[C@@H](N(CCC#N)S(=O)(=O)c2ccc(Br)cc2)CC(C)(C)C1. The van der Waals surface area contributed by atoms with Crippen LogP contribution in [0.2, 0.25) is 0 Å². The Bertz CT molecular complexity index is 708. The predicted molar refractivity (Wildman–Crippen MR) is 98.8 cm³/mol. The lowest BCUT2D eigenvalue weighted by Gasteiger charge is -2.43. The zero-order valence-electron chi connectivity index (χ0n) is 14.5. The summed E-state index contributed by atoms with van der Waals surface area (Å²) in [4.78, 5) is 0.291. The van der Waals surface area contributed by atoms with Crippen LogP contribution in [-0.2, 0) is 10.0 Å². The minimum atomic E-state index is -3.60. The Kier molecular flexibility index (Phi) is 6.11. The van der Waals surface area contributed by atoms with Crippen molar-refractivity contribution >= 4 is 26.0 Å². The first-order valence-electron chi connectivity index (χ1n) is 8.30. The van der Waals surface area contributed by atoms with Gasteiger partial charge in [-0.05, 0) is 54.9 Å². The van der Waals surface area contributed by atoms with Crippen LogP contribution in [-0.4, -0.2) is 25.3 Å². The third kappa shape index (κ3) is 4.59. The molecule has 0 radical (unpaired) electrons. The fourth-order valence-corrected chi connectivity index (χ4v) is 5.82. The fourth-order valence-electron chi connectivity index (χ4n) is 3.92. The van der Waals surface area contributed by atoms with Gasteiger partial charge in [-0.3, -0.25) is 0 Å². The second-order valence-corrected chi connectivity index (χ2v) is 10.4. The predicted octanol–water partition coefficient (Wildman–Crippen LogP) is 4.57. The highest BCUT2D eigenvalue weighted by atomic mass is 79.9. The van der Waals surface area contributed by atoms with Gasteiger partial charge in [0, 0.05) is 23.5 Å². The molecule has 0 bridgehead atoms. The van der Waals surface area contributed by atoms with Crippen LogP contribution in [0, 0.1) is 22.7 Å². The zero-order valence-corrected chi connectivity index (χ0v) is 16.9. The molecule has 0 N–H and O–H groups in total. The molecule has 2 rings (SSSR count). The van der Waals surface area contributed by atoms with Crippen LogP contribution in [0.25, 0.3) is 0 Å². The van der Waals surface area contributed by atoms with Crippen LogP contribution in [0.4, 0.5) is 0 Å². The molecule has 1 aromatic rings. The number of nitriles is 1. The smallest absolute Gasteiger partial charge is 0.207 e. The minimum Gasteiger partial charge on any atom is -0.207 e. The molecule has 1 aliphatic carbocycles. The molecule has 1 fully saturated rings. The lowest BCUT2D eigenvalue weighted by atomic mass is 9.70. The Hall–Kier alpha value is -0.900. The Morgan fingerprint density at radius 3 is 2.46 bits per heavy atom. The second kappa shape index (κ2) is 7.55. The maximum absolute atomic E-state index is 13.2. The van der Waals surface area contributed by atoms with Crippen molar-refractivity contribution in [2.24, 2.45) is 11.3 Å². The molecule has 1 aromatic carbocycles. The van der Waals surface area contributed by atoms with Gasteiger partial charge in [-0.1, -0.05) is 36.7 Å². The lowest BCUT2D eigenvalue weighted by molar-refractivity contribution is 0.112. The number of rotatable bonds is 5. The van der Waals surface area contributed by atoms with E-state index in [1.165, 1.54) is 0 Å². The normalized spacial score (nSPS) is 23.8. The first-order valence-corrected chi connectivity index (χ1v) is 10.5. The molecule has 1 saturated carbocycles. The molecule has 6 heteroatoms. The van der Waals surface area contributed by atoms with E-state index in [1.807, 2.05) is 0 Å². The molecule has 4 nitrogen and oxygen atoms in total. The van der Waals surface area contributed by atoms with Crippen molar-refractivity contribution in [2.45, 2.75) is 57.4 Å². The van der Waals surface area contributed by atoms with Crippen LogP contribution >= 0.6 is 15.9 Å². The molecule has 0 saturated heterocycles. The van der Waals surface area contributed by atoms with Crippen LogP contribution in [0.3, 0.4) is 0 Å². The maximum atomic E-state index is 13.2. The highest BCUT2D eigenvalue weighted by Crippen LogP contribution is 2.41. The number of nitrogens with zero attached hydrogens (tertiary/aromatic N) is 2. The molecule has 1 aliphatic rings. The van der Waals surface area contributed by atoms with Crippen molar-refractivity contribution in [2.75, 3.05) is 6.54 Å². The van der Waals surface area contributed by atoms with Gasteiger partial charge in [0.25, 0.3) is 0 Å². The van der Waals surface area contributed by atoms with Crippen molar-refractivity contribution < 1.29 is 8.42 Å². The van der Waals surface area contributed by atoms with E-state index in [-0.39, 0.29) is 24.4 Å². The summed E-state index contributed by atoms with van der Waals surface area (Å²) in [6.45, 7) is 6.83. The quantitative estimate of drug-likeness (QED) is 0.711. The van der Waals surface area contributed by atoms with E-state index in [2.05, 4.69) is 42.8 Å². The Morgan fingerprint density at radius 2 is 1.92 bits per heavy atom. The summed E-state index contributed by atoms with van der Waals surface area (Å²) in [5.41, 5.74) is 0.114. The maximum Gasteiger partial charge on any atom is 0.243 e. The first-order chi connectivity index (χ1) is 11.2. The van der Waals surface area contributed by atoms with Gasteiger partial charge in [-0.2, -0.15) is 9.57 Å². The number of hydrogen-bond donors (Lipinski definition) is 0. The number of hydrogen-bond acceptors (Lipinski definition) is 3. The molecule has 0 aromatic heterocycles. The van der Waals surface area contributed by atoms with E-state index in [0.29, 0.717) is 10.8 Å². The van der Waals surface area contributed by atoms with Gasteiger partial charge < -0.3 is 0 Å². The van der Waals surface area contributed by atoms with E-state index in [9.17, 15) is 8.42 Å². The molecule has 0 heterocycles. The Balaban J connectivity index is 2.37. The molecule has 0 amide bonds. The fraction of sp³-hybridized carbons (Fsp3) is 0.611. The van der Waals surface area contributed by atoms with Crippen molar-refractivity contribution in [3.8, 4) is 6.07 Å². The van der Waals surface area contributed by atoms with E-state index in [4.69, 9.17) is 5.26 Å². The lowest BCUT2D eigenvalue weighted by Crippen LogP contribution is -2.46. The van der Waals surface area contributed by atoms with Crippen molar-refractivity contribution in [3.05, 3.63) is 28.7 Å². The molecule has 24 heavy (non-hydrogen) atoms. The molecular weight excluding hydrogens is 388 g/mol. The summed E-state index contributed by atoms with van der Waals surface area (Å²) in [6.07, 6.45) is 3.00. The number of halogens is 1. The van der Waals surface area contributed by atoms with E-state index in [1.54, 1.807) is 28.6 Å². The summed E-state index contributed by atoms with van der Waals surface area (Å²) in [6, 6.07) is 8.76. The molecule has 0 aliphatic heterocycles. The van der Waals surface area contributed by atoms with E-state index in [0.717, 1.165) is 23.7 Å². The van der Waals surface area contributed by atoms with Crippen LogP contribution < -0.4 is 0 Å². The molecular formula is C18H25BrN2O2S. The van der Waals surface area contributed by atoms with Gasteiger partial charge in [0.15, 0.2) is 0 Å². The first kappa shape index (κ1) is 19.4. The van der Waals surface area contributed by atoms with Gasteiger partial charge >= 0.3 is 0 Å². The van der Waals surface area contributed by atoms with Crippen molar-refractivity contribution in [3.63, 3.8) is 0 Å². The average Bonchev–Trinajstić information content (AvgIpc) is 2.45. The van der Waals surface area contributed by atoms with E-state index >= 15 is 0 Å².